The van der Waals surface area contributed by atoms with Crippen molar-refractivity contribution in [2.75, 3.05) is 5.32 Å². The number of para-hydroxylation sites is 3. The van der Waals surface area contributed by atoms with Crippen molar-refractivity contribution >= 4 is 11.7 Å². The molecule has 0 bridgehead atoms. The van der Waals surface area contributed by atoms with Gasteiger partial charge in [0.25, 0.3) is 0 Å². The summed E-state index contributed by atoms with van der Waals surface area (Å²) in [7, 11) is 0. The van der Waals surface area contributed by atoms with Crippen LogP contribution in [0.25, 0.3) is 0 Å². The van der Waals surface area contributed by atoms with E-state index in [1.165, 1.54) is 0 Å². The zero-order valence-electron chi connectivity index (χ0n) is 11.9. The first kappa shape index (κ1) is 13.5. The maximum atomic E-state index is 11.9. The molecule has 4 heteroatoms. The summed E-state index contributed by atoms with van der Waals surface area (Å²) >= 11 is 0. The molecule has 0 spiro atoms. The monoisotopic (exact) mass is 282 g/mol. The zero-order valence-corrected chi connectivity index (χ0v) is 11.9. The van der Waals surface area contributed by atoms with E-state index in [0.717, 1.165) is 24.2 Å². The van der Waals surface area contributed by atoms with E-state index in [-0.39, 0.29) is 6.03 Å². The largest absolute Gasteiger partial charge is 0.455 e. The van der Waals surface area contributed by atoms with Crippen LogP contribution in [0, 0.1) is 6.92 Å². The van der Waals surface area contributed by atoms with Crippen LogP contribution in [0.4, 0.5) is 10.5 Å². The van der Waals surface area contributed by atoms with Crippen LogP contribution in [0.15, 0.2) is 48.5 Å². The van der Waals surface area contributed by atoms with Gasteiger partial charge in [-0.2, -0.15) is 0 Å². The molecule has 0 aromatic heterocycles. The predicted octanol–water partition coefficient (Wildman–Crippen LogP) is 4.07. The van der Waals surface area contributed by atoms with Crippen LogP contribution >= 0.6 is 0 Å². The molecule has 0 heterocycles. The van der Waals surface area contributed by atoms with Gasteiger partial charge in [0, 0.05) is 6.04 Å². The van der Waals surface area contributed by atoms with Gasteiger partial charge in [0.05, 0.1) is 5.69 Å². The Labute approximate surface area is 124 Å². The molecule has 1 fully saturated rings. The topological polar surface area (TPSA) is 50.4 Å². The first-order valence-electron chi connectivity index (χ1n) is 7.12. The smallest absolute Gasteiger partial charge is 0.319 e. The molecule has 0 atom stereocenters. The molecule has 2 N–H and O–H groups in total. The van der Waals surface area contributed by atoms with Crippen molar-refractivity contribution < 1.29 is 9.53 Å². The Morgan fingerprint density at radius 2 is 1.71 bits per heavy atom. The van der Waals surface area contributed by atoms with E-state index < -0.39 is 0 Å². The number of amides is 2. The van der Waals surface area contributed by atoms with Crippen molar-refractivity contribution in [2.45, 2.75) is 25.8 Å². The summed E-state index contributed by atoms with van der Waals surface area (Å²) in [5.74, 6) is 1.42. The van der Waals surface area contributed by atoms with Crippen molar-refractivity contribution in [1.29, 1.82) is 0 Å². The first-order valence-corrected chi connectivity index (χ1v) is 7.12. The fraction of sp³-hybridized carbons (Fsp3) is 0.235. The van der Waals surface area contributed by atoms with Gasteiger partial charge in [-0.15, -0.1) is 0 Å². The lowest BCUT2D eigenvalue weighted by Crippen LogP contribution is -2.30. The second-order valence-electron chi connectivity index (χ2n) is 5.24. The maximum absolute atomic E-state index is 11.9. The lowest BCUT2D eigenvalue weighted by atomic mass is 10.2. The number of ether oxygens (including phenoxy) is 1. The molecule has 2 aromatic carbocycles. The van der Waals surface area contributed by atoms with Gasteiger partial charge in [-0.25, -0.2) is 4.79 Å². The van der Waals surface area contributed by atoms with E-state index in [0.29, 0.717) is 17.5 Å². The molecule has 2 aromatic rings. The Morgan fingerprint density at radius 3 is 2.43 bits per heavy atom. The van der Waals surface area contributed by atoms with E-state index in [1.807, 2.05) is 55.5 Å². The van der Waals surface area contributed by atoms with Gasteiger partial charge >= 0.3 is 6.03 Å². The normalized spacial score (nSPS) is 13.6. The number of carbonyl (C=O) groups excluding carboxylic acids is 1. The highest BCUT2D eigenvalue weighted by Gasteiger charge is 2.23. The Morgan fingerprint density at radius 1 is 1.05 bits per heavy atom. The summed E-state index contributed by atoms with van der Waals surface area (Å²) in [5.41, 5.74) is 1.72. The fourth-order valence-corrected chi connectivity index (χ4v) is 2.02. The highest BCUT2D eigenvalue weighted by Crippen LogP contribution is 2.31. The molecule has 1 aliphatic carbocycles. The molecule has 2 amide bonds. The van der Waals surface area contributed by atoms with Gasteiger partial charge in [0.15, 0.2) is 5.75 Å². The number of rotatable bonds is 4. The minimum atomic E-state index is -0.182. The fourth-order valence-electron chi connectivity index (χ4n) is 2.02. The number of hydrogen-bond donors (Lipinski definition) is 2. The molecule has 0 saturated heterocycles. The van der Waals surface area contributed by atoms with Crippen LogP contribution in [0.1, 0.15) is 18.4 Å². The zero-order chi connectivity index (χ0) is 14.7. The van der Waals surface area contributed by atoms with E-state index in [4.69, 9.17) is 4.74 Å². The summed E-state index contributed by atoms with van der Waals surface area (Å²) in [4.78, 5) is 11.9. The first-order chi connectivity index (χ1) is 10.2. The summed E-state index contributed by atoms with van der Waals surface area (Å²) in [5, 5.41) is 5.75. The number of anilines is 1. The van der Waals surface area contributed by atoms with Gasteiger partial charge in [-0.3, -0.25) is 0 Å². The summed E-state index contributed by atoms with van der Waals surface area (Å²) < 4.78 is 5.92. The number of carbonyl (C=O) groups is 1. The van der Waals surface area contributed by atoms with E-state index >= 15 is 0 Å². The standard InChI is InChI=1S/C17H18N2O2/c1-12-6-2-4-8-15(12)21-16-9-5-3-7-14(16)19-17(20)18-13-10-11-13/h2-9,13H,10-11H2,1H3,(H2,18,19,20). The number of aryl methyl sites for hydroxylation is 1. The molecular weight excluding hydrogens is 264 g/mol. The lowest BCUT2D eigenvalue weighted by molar-refractivity contribution is 0.251. The number of benzene rings is 2. The van der Waals surface area contributed by atoms with Crippen LogP contribution in [0.3, 0.4) is 0 Å². The van der Waals surface area contributed by atoms with Crippen LogP contribution in [0.2, 0.25) is 0 Å². The number of urea groups is 1. The summed E-state index contributed by atoms with van der Waals surface area (Å²) in [6.07, 6.45) is 2.13. The second-order valence-corrected chi connectivity index (χ2v) is 5.24. The van der Waals surface area contributed by atoms with Gasteiger partial charge in [0.1, 0.15) is 5.75 Å². The second kappa shape index (κ2) is 5.87. The Hall–Kier alpha value is -2.49. The SMILES string of the molecule is Cc1ccccc1Oc1ccccc1NC(=O)NC1CC1. The number of nitrogens with one attached hydrogen (secondary N) is 2. The molecule has 0 aliphatic heterocycles. The Balaban J connectivity index is 1.75. The predicted molar refractivity (Wildman–Crippen MR) is 82.9 cm³/mol. The molecule has 4 nitrogen and oxygen atoms in total. The van der Waals surface area contributed by atoms with E-state index in [1.54, 1.807) is 0 Å². The molecular formula is C17H18N2O2. The lowest BCUT2D eigenvalue weighted by Gasteiger charge is -2.13. The third kappa shape index (κ3) is 3.54. The van der Waals surface area contributed by atoms with Crippen LogP contribution in [-0.2, 0) is 0 Å². The van der Waals surface area contributed by atoms with Gasteiger partial charge < -0.3 is 15.4 Å². The minimum absolute atomic E-state index is 0.182. The van der Waals surface area contributed by atoms with Crippen LogP contribution < -0.4 is 15.4 Å². The summed E-state index contributed by atoms with van der Waals surface area (Å²) in [6.45, 7) is 1.99. The van der Waals surface area contributed by atoms with Crippen LogP contribution in [-0.4, -0.2) is 12.1 Å². The van der Waals surface area contributed by atoms with Crippen molar-refractivity contribution in [3.8, 4) is 11.5 Å². The molecule has 0 radical (unpaired) electrons. The van der Waals surface area contributed by atoms with Gasteiger partial charge in [-0.05, 0) is 43.5 Å². The molecule has 1 aliphatic rings. The molecule has 0 unspecified atom stereocenters. The minimum Gasteiger partial charge on any atom is -0.455 e. The molecule has 3 rings (SSSR count). The number of hydrogen-bond acceptors (Lipinski definition) is 2. The maximum Gasteiger partial charge on any atom is 0.319 e. The van der Waals surface area contributed by atoms with Crippen molar-refractivity contribution in [3.05, 3.63) is 54.1 Å². The van der Waals surface area contributed by atoms with Crippen molar-refractivity contribution in [2.24, 2.45) is 0 Å². The van der Waals surface area contributed by atoms with Gasteiger partial charge in [-0.1, -0.05) is 30.3 Å². The van der Waals surface area contributed by atoms with Crippen molar-refractivity contribution in [3.63, 3.8) is 0 Å². The van der Waals surface area contributed by atoms with Crippen LogP contribution in [0.5, 0.6) is 11.5 Å². The third-order valence-corrected chi connectivity index (χ3v) is 3.36. The Kier molecular flexibility index (Phi) is 3.77. The van der Waals surface area contributed by atoms with Gasteiger partial charge in [0.2, 0.25) is 0 Å². The molecule has 108 valence electrons. The van der Waals surface area contributed by atoms with E-state index in [9.17, 15) is 4.79 Å². The molecule has 21 heavy (non-hydrogen) atoms. The average Bonchev–Trinajstić information content (AvgIpc) is 3.27. The quantitative estimate of drug-likeness (QED) is 0.888. The van der Waals surface area contributed by atoms with Crippen molar-refractivity contribution in [1.82, 2.24) is 5.32 Å². The average molecular weight is 282 g/mol. The summed E-state index contributed by atoms with van der Waals surface area (Å²) in [6, 6.07) is 15.4. The highest BCUT2D eigenvalue weighted by atomic mass is 16.5. The Bertz CT molecular complexity index is 651. The highest BCUT2D eigenvalue weighted by molar-refractivity contribution is 5.91. The third-order valence-electron chi connectivity index (χ3n) is 3.36. The molecule has 1 saturated carbocycles. The van der Waals surface area contributed by atoms with E-state index in [2.05, 4.69) is 10.6 Å².